The summed E-state index contributed by atoms with van der Waals surface area (Å²) in [6, 6.07) is 10.7. The molecule has 0 spiro atoms. The maximum atomic E-state index is 5.46. The number of hydrogen-bond donors (Lipinski definition) is 0. The highest BCUT2D eigenvalue weighted by Gasteiger charge is 2.19. The summed E-state index contributed by atoms with van der Waals surface area (Å²) in [5.41, 5.74) is 3.16. The quantitative estimate of drug-likeness (QED) is 0.618. The maximum absolute atomic E-state index is 5.46. The normalized spacial score (nSPS) is 18.3. The number of imidazole rings is 1. The highest BCUT2D eigenvalue weighted by Crippen LogP contribution is 2.22. The first-order chi connectivity index (χ1) is 14.9. The van der Waals surface area contributed by atoms with Crippen LogP contribution in [0.1, 0.15) is 6.42 Å². The molecule has 5 rings (SSSR count). The summed E-state index contributed by atoms with van der Waals surface area (Å²) < 4.78 is 7.63. The summed E-state index contributed by atoms with van der Waals surface area (Å²) in [4.78, 5) is 20.9. The van der Waals surface area contributed by atoms with Gasteiger partial charge in [0.05, 0.1) is 19.5 Å². The van der Waals surface area contributed by atoms with Gasteiger partial charge in [-0.25, -0.2) is 15.0 Å². The molecule has 1 aromatic carbocycles. The second kappa shape index (κ2) is 8.97. The van der Waals surface area contributed by atoms with Gasteiger partial charge in [0.15, 0.2) is 17.0 Å². The van der Waals surface area contributed by atoms with Crippen LogP contribution in [-0.2, 0) is 11.3 Å². The molecule has 0 N–H and O–H groups in total. The Hall–Kier alpha value is -2.71. The molecule has 2 aliphatic rings. The van der Waals surface area contributed by atoms with Crippen LogP contribution >= 0.6 is 0 Å². The van der Waals surface area contributed by atoms with Gasteiger partial charge >= 0.3 is 0 Å². The van der Waals surface area contributed by atoms with Crippen molar-refractivity contribution in [3.05, 3.63) is 43.0 Å². The molecule has 0 bridgehead atoms. The van der Waals surface area contributed by atoms with Crippen LogP contribution in [0.4, 0.5) is 11.5 Å². The van der Waals surface area contributed by atoms with Crippen molar-refractivity contribution in [1.29, 1.82) is 0 Å². The van der Waals surface area contributed by atoms with E-state index in [1.807, 2.05) is 6.33 Å². The second-order valence-corrected chi connectivity index (χ2v) is 7.92. The van der Waals surface area contributed by atoms with Crippen LogP contribution in [0.3, 0.4) is 0 Å². The Morgan fingerprint density at radius 1 is 0.800 bits per heavy atom. The van der Waals surface area contributed by atoms with Gasteiger partial charge in [-0.15, -0.1) is 0 Å². The van der Waals surface area contributed by atoms with E-state index in [1.54, 1.807) is 6.33 Å². The van der Waals surface area contributed by atoms with Crippen molar-refractivity contribution in [3.63, 3.8) is 0 Å². The highest BCUT2D eigenvalue weighted by molar-refractivity contribution is 5.83. The number of rotatable bonds is 6. The van der Waals surface area contributed by atoms with Crippen LogP contribution in [0.25, 0.3) is 11.2 Å². The first-order valence-corrected chi connectivity index (χ1v) is 10.9. The van der Waals surface area contributed by atoms with Gasteiger partial charge in [-0.1, -0.05) is 18.2 Å². The van der Waals surface area contributed by atoms with Crippen molar-refractivity contribution in [2.45, 2.75) is 13.0 Å². The predicted octanol–water partition coefficient (Wildman–Crippen LogP) is 1.88. The van der Waals surface area contributed by atoms with Gasteiger partial charge in [-0.3, -0.25) is 4.90 Å². The van der Waals surface area contributed by atoms with Gasteiger partial charge in [0.25, 0.3) is 0 Å². The van der Waals surface area contributed by atoms with Crippen LogP contribution in [0.5, 0.6) is 0 Å². The predicted molar refractivity (Wildman–Crippen MR) is 118 cm³/mol. The number of nitrogens with zero attached hydrogens (tertiary/aromatic N) is 7. The van der Waals surface area contributed by atoms with Gasteiger partial charge in [0.2, 0.25) is 0 Å². The van der Waals surface area contributed by atoms with Crippen LogP contribution in [0, 0.1) is 0 Å². The van der Waals surface area contributed by atoms with E-state index >= 15 is 0 Å². The third-order valence-corrected chi connectivity index (χ3v) is 6.06. The Balaban J connectivity index is 1.16. The number of morpholine rings is 1. The molecule has 2 saturated heterocycles. The first kappa shape index (κ1) is 19.3. The van der Waals surface area contributed by atoms with Crippen molar-refractivity contribution < 1.29 is 4.74 Å². The molecule has 30 heavy (non-hydrogen) atoms. The number of aromatic nitrogens is 4. The van der Waals surface area contributed by atoms with E-state index in [0.717, 1.165) is 89.0 Å². The third kappa shape index (κ3) is 4.11. The number of benzene rings is 1. The molecule has 3 aromatic rings. The summed E-state index contributed by atoms with van der Waals surface area (Å²) in [6.07, 6.45) is 4.67. The Labute approximate surface area is 177 Å². The smallest absolute Gasteiger partial charge is 0.165 e. The summed E-state index contributed by atoms with van der Waals surface area (Å²) in [6.45, 7) is 9.63. The van der Waals surface area contributed by atoms with Crippen LogP contribution in [0.15, 0.2) is 43.0 Å². The molecule has 0 saturated carbocycles. The first-order valence-electron chi connectivity index (χ1n) is 10.9. The summed E-state index contributed by atoms with van der Waals surface area (Å²) in [5.74, 6) is 0.930. The number of piperazine rings is 1. The van der Waals surface area contributed by atoms with E-state index in [2.05, 4.69) is 64.6 Å². The SMILES string of the molecule is c1ccc(N2CCN(CCCn3cnc4c(N5CCOCC5)ncnc43)CC2)cc1. The molecule has 0 amide bonds. The summed E-state index contributed by atoms with van der Waals surface area (Å²) in [5, 5.41) is 0. The average molecular weight is 408 g/mol. The van der Waals surface area contributed by atoms with Gasteiger partial charge in [-0.2, -0.15) is 0 Å². The summed E-state index contributed by atoms with van der Waals surface area (Å²) in [7, 11) is 0. The molecule has 2 aliphatic heterocycles. The van der Waals surface area contributed by atoms with Gasteiger partial charge < -0.3 is 19.1 Å². The standard InChI is InChI=1S/C22H29N7O/c1-2-5-19(6-3-1)27-11-9-26(10-12-27)7-4-8-29-18-25-20-21(23-17-24-22(20)29)28-13-15-30-16-14-28/h1-3,5-6,17-18H,4,7-16H2. The lowest BCUT2D eigenvalue weighted by Crippen LogP contribution is -2.46. The van der Waals surface area contributed by atoms with Crippen molar-refractivity contribution in [2.75, 3.05) is 68.8 Å². The molecule has 158 valence electrons. The van der Waals surface area contributed by atoms with Crippen molar-refractivity contribution in [3.8, 4) is 0 Å². The van der Waals surface area contributed by atoms with E-state index in [0.29, 0.717) is 0 Å². The molecule has 2 aromatic heterocycles. The number of para-hydroxylation sites is 1. The van der Waals surface area contributed by atoms with Crippen molar-refractivity contribution in [1.82, 2.24) is 24.4 Å². The van der Waals surface area contributed by atoms with Gasteiger partial charge in [0, 0.05) is 51.5 Å². The van der Waals surface area contributed by atoms with E-state index < -0.39 is 0 Å². The van der Waals surface area contributed by atoms with Crippen LogP contribution < -0.4 is 9.80 Å². The van der Waals surface area contributed by atoms with Gasteiger partial charge in [-0.05, 0) is 25.1 Å². The fraction of sp³-hybridized carbons (Fsp3) is 0.500. The number of fused-ring (bicyclic) bond motifs is 1. The summed E-state index contributed by atoms with van der Waals surface area (Å²) >= 11 is 0. The second-order valence-electron chi connectivity index (χ2n) is 7.92. The minimum atomic E-state index is 0.740. The molecule has 4 heterocycles. The maximum Gasteiger partial charge on any atom is 0.165 e. The zero-order chi connectivity index (χ0) is 20.2. The average Bonchev–Trinajstić information content (AvgIpc) is 3.24. The van der Waals surface area contributed by atoms with Crippen LogP contribution in [-0.4, -0.2) is 83.4 Å². The minimum Gasteiger partial charge on any atom is -0.378 e. The van der Waals surface area contributed by atoms with Crippen molar-refractivity contribution >= 4 is 22.7 Å². The zero-order valence-corrected chi connectivity index (χ0v) is 17.4. The Morgan fingerprint density at radius 3 is 2.40 bits per heavy atom. The molecule has 2 fully saturated rings. The van der Waals surface area contributed by atoms with E-state index in [-0.39, 0.29) is 0 Å². The highest BCUT2D eigenvalue weighted by atomic mass is 16.5. The Kier molecular flexibility index (Phi) is 5.76. The van der Waals surface area contributed by atoms with Crippen molar-refractivity contribution in [2.24, 2.45) is 0 Å². The fourth-order valence-electron chi connectivity index (χ4n) is 4.37. The molecule has 0 unspecified atom stereocenters. The molecular formula is C22H29N7O. The largest absolute Gasteiger partial charge is 0.378 e. The number of anilines is 2. The molecule has 0 atom stereocenters. The third-order valence-electron chi connectivity index (χ3n) is 6.06. The monoisotopic (exact) mass is 407 g/mol. The Morgan fingerprint density at radius 2 is 1.60 bits per heavy atom. The number of hydrogen-bond acceptors (Lipinski definition) is 7. The van der Waals surface area contributed by atoms with Gasteiger partial charge in [0.1, 0.15) is 6.33 Å². The molecule has 0 radical (unpaired) electrons. The lowest BCUT2D eigenvalue weighted by molar-refractivity contribution is 0.122. The zero-order valence-electron chi connectivity index (χ0n) is 17.4. The Bertz CT molecular complexity index is 947. The molecule has 0 aliphatic carbocycles. The molecule has 8 nitrogen and oxygen atoms in total. The van der Waals surface area contributed by atoms with Crippen LogP contribution in [0.2, 0.25) is 0 Å². The van der Waals surface area contributed by atoms with E-state index in [1.165, 1.54) is 5.69 Å². The molecular weight excluding hydrogens is 378 g/mol. The topological polar surface area (TPSA) is 62.5 Å². The molecule has 8 heteroatoms. The minimum absolute atomic E-state index is 0.740. The lowest BCUT2D eigenvalue weighted by atomic mass is 10.2. The van der Waals surface area contributed by atoms with E-state index in [9.17, 15) is 0 Å². The lowest BCUT2D eigenvalue weighted by Gasteiger charge is -2.36. The number of aryl methyl sites for hydroxylation is 1. The fourth-order valence-corrected chi connectivity index (χ4v) is 4.37. The number of ether oxygens (including phenoxy) is 1. The van der Waals surface area contributed by atoms with E-state index in [4.69, 9.17) is 4.74 Å².